The molecule has 2 heterocycles. The third-order valence-corrected chi connectivity index (χ3v) is 5.07. The highest BCUT2D eigenvalue weighted by molar-refractivity contribution is 6.07. The zero-order chi connectivity index (χ0) is 17.7. The van der Waals surface area contributed by atoms with Gasteiger partial charge >= 0.3 is 0 Å². The molecule has 1 aliphatic heterocycles. The van der Waals surface area contributed by atoms with Gasteiger partial charge in [-0.2, -0.15) is 0 Å². The predicted molar refractivity (Wildman–Crippen MR) is 105 cm³/mol. The number of aromatic nitrogens is 1. The minimum atomic E-state index is -0.0881. The summed E-state index contributed by atoms with van der Waals surface area (Å²) in [5.41, 5.74) is 5.85. The van der Waals surface area contributed by atoms with Crippen molar-refractivity contribution in [2.45, 2.75) is 13.0 Å². The fourth-order valence-corrected chi connectivity index (χ4v) is 3.86. The van der Waals surface area contributed by atoms with E-state index in [-0.39, 0.29) is 11.9 Å². The van der Waals surface area contributed by atoms with Gasteiger partial charge in [0.25, 0.3) is 5.91 Å². The number of para-hydroxylation sites is 2. The van der Waals surface area contributed by atoms with Gasteiger partial charge in [0.1, 0.15) is 0 Å². The number of carbonyl (C=O) groups is 1. The number of fused-ring (bicyclic) bond motifs is 4. The lowest BCUT2D eigenvalue weighted by Crippen LogP contribution is -2.16. The van der Waals surface area contributed by atoms with Crippen molar-refractivity contribution in [2.75, 3.05) is 5.32 Å². The zero-order valence-electron chi connectivity index (χ0n) is 14.4. The van der Waals surface area contributed by atoms with E-state index < -0.39 is 0 Å². The Morgan fingerprint density at radius 3 is 2.58 bits per heavy atom. The van der Waals surface area contributed by atoms with Gasteiger partial charge in [0.05, 0.1) is 22.8 Å². The summed E-state index contributed by atoms with van der Waals surface area (Å²) in [6.07, 6.45) is 0. The van der Waals surface area contributed by atoms with Crippen LogP contribution in [0.25, 0.3) is 10.9 Å². The van der Waals surface area contributed by atoms with Crippen LogP contribution >= 0.6 is 0 Å². The summed E-state index contributed by atoms with van der Waals surface area (Å²) in [7, 11) is 0. The predicted octanol–water partition coefficient (Wildman–Crippen LogP) is 5.15. The van der Waals surface area contributed by atoms with Gasteiger partial charge in [-0.3, -0.25) is 9.36 Å². The van der Waals surface area contributed by atoms with E-state index in [4.69, 9.17) is 0 Å². The molecule has 1 N–H and O–H groups in total. The van der Waals surface area contributed by atoms with Crippen LogP contribution in [0.1, 0.15) is 33.2 Å². The first kappa shape index (κ1) is 15.0. The van der Waals surface area contributed by atoms with Crippen LogP contribution in [-0.2, 0) is 0 Å². The molecule has 0 saturated heterocycles. The van der Waals surface area contributed by atoms with E-state index in [9.17, 15) is 4.79 Å². The molecule has 1 unspecified atom stereocenters. The second-order valence-corrected chi connectivity index (χ2v) is 6.81. The Bertz CT molecular complexity index is 1160. The molecule has 0 radical (unpaired) electrons. The Hall–Kier alpha value is -3.33. The van der Waals surface area contributed by atoms with Crippen LogP contribution in [0.3, 0.4) is 0 Å². The molecule has 5 rings (SSSR count). The highest BCUT2D eigenvalue weighted by atomic mass is 16.2. The van der Waals surface area contributed by atoms with Crippen LogP contribution in [0.4, 0.5) is 5.69 Å². The number of hydrogen-bond donors (Lipinski definition) is 1. The minimum Gasteiger partial charge on any atom is -0.372 e. The van der Waals surface area contributed by atoms with Crippen LogP contribution in [0, 0.1) is 6.92 Å². The second-order valence-electron chi connectivity index (χ2n) is 6.81. The zero-order valence-corrected chi connectivity index (χ0v) is 14.4. The van der Waals surface area contributed by atoms with Crippen LogP contribution in [0.5, 0.6) is 0 Å². The fraction of sp³-hybridized carbons (Fsp3) is 0.0870. The van der Waals surface area contributed by atoms with E-state index in [1.807, 2.05) is 47.0 Å². The van der Waals surface area contributed by atoms with Crippen molar-refractivity contribution in [1.82, 2.24) is 4.57 Å². The first-order valence-electron chi connectivity index (χ1n) is 8.79. The third-order valence-electron chi connectivity index (χ3n) is 5.07. The van der Waals surface area contributed by atoms with Gasteiger partial charge in [0.15, 0.2) is 0 Å². The molecule has 1 atom stereocenters. The molecule has 126 valence electrons. The van der Waals surface area contributed by atoms with Crippen LogP contribution < -0.4 is 5.32 Å². The molecule has 0 aliphatic carbocycles. The van der Waals surface area contributed by atoms with Crippen molar-refractivity contribution in [2.24, 2.45) is 0 Å². The maximum absolute atomic E-state index is 13.4. The highest BCUT2D eigenvalue weighted by Gasteiger charge is 2.29. The monoisotopic (exact) mass is 338 g/mol. The molecule has 0 fully saturated rings. The lowest BCUT2D eigenvalue weighted by molar-refractivity contribution is 0.0964. The van der Waals surface area contributed by atoms with E-state index in [2.05, 4.69) is 48.6 Å². The number of nitrogens with one attached hydrogen (secondary N) is 1. The molecule has 0 spiro atoms. The molecule has 3 nitrogen and oxygen atoms in total. The van der Waals surface area contributed by atoms with Crippen molar-refractivity contribution >= 4 is 22.5 Å². The van der Waals surface area contributed by atoms with Gasteiger partial charge in [-0.15, -0.1) is 0 Å². The van der Waals surface area contributed by atoms with E-state index in [0.717, 1.165) is 27.8 Å². The molecule has 3 aromatic carbocycles. The standard InChI is InChI=1S/C23H18N2O/c1-15-7-6-9-17(13-15)22-21-14-16-8-2-5-12-20(16)25(21)23(26)18-10-3-4-11-19(18)24-22/h2-14,22,24H,1H3. The van der Waals surface area contributed by atoms with Gasteiger partial charge < -0.3 is 5.32 Å². The van der Waals surface area contributed by atoms with Crippen molar-refractivity contribution in [3.63, 3.8) is 0 Å². The summed E-state index contributed by atoms with van der Waals surface area (Å²) < 4.78 is 1.86. The van der Waals surface area contributed by atoms with Crippen molar-refractivity contribution < 1.29 is 4.79 Å². The fourth-order valence-electron chi connectivity index (χ4n) is 3.86. The number of nitrogens with zero attached hydrogens (tertiary/aromatic N) is 1. The molecule has 1 aromatic heterocycles. The van der Waals surface area contributed by atoms with E-state index in [1.54, 1.807) is 0 Å². The van der Waals surface area contributed by atoms with E-state index >= 15 is 0 Å². The molecule has 1 aliphatic rings. The first-order chi connectivity index (χ1) is 12.7. The minimum absolute atomic E-state index is 0.0134. The van der Waals surface area contributed by atoms with Gasteiger partial charge in [0, 0.05) is 11.1 Å². The summed E-state index contributed by atoms with van der Waals surface area (Å²) in [6.45, 7) is 2.09. The lowest BCUT2D eigenvalue weighted by atomic mass is 10.0. The molecular formula is C23H18N2O. The number of carbonyl (C=O) groups excluding carboxylic acids is 1. The van der Waals surface area contributed by atoms with Gasteiger partial charge in [-0.1, -0.05) is 60.2 Å². The van der Waals surface area contributed by atoms with Crippen molar-refractivity contribution in [3.8, 4) is 0 Å². The highest BCUT2D eigenvalue weighted by Crippen LogP contribution is 2.36. The number of aryl methyl sites for hydroxylation is 1. The molecule has 3 heteroatoms. The third kappa shape index (κ3) is 2.17. The van der Waals surface area contributed by atoms with Crippen LogP contribution in [-0.4, -0.2) is 10.5 Å². The maximum atomic E-state index is 13.4. The SMILES string of the molecule is Cc1cccc(C2Nc3ccccc3C(=O)n3c2cc2ccccc23)c1. The molecule has 26 heavy (non-hydrogen) atoms. The Labute approximate surface area is 151 Å². The van der Waals surface area contributed by atoms with Crippen molar-refractivity contribution in [1.29, 1.82) is 0 Å². The lowest BCUT2D eigenvalue weighted by Gasteiger charge is -2.19. The number of anilines is 1. The van der Waals surface area contributed by atoms with E-state index in [1.165, 1.54) is 5.56 Å². The Morgan fingerprint density at radius 1 is 0.885 bits per heavy atom. The number of benzene rings is 3. The van der Waals surface area contributed by atoms with Gasteiger partial charge in [0.2, 0.25) is 0 Å². The molecule has 0 saturated carbocycles. The normalized spacial score (nSPS) is 15.9. The maximum Gasteiger partial charge on any atom is 0.264 e. The number of rotatable bonds is 1. The average Bonchev–Trinajstić information content (AvgIpc) is 2.99. The second kappa shape index (κ2) is 5.60. The quantitative estimate of drug-likeness (QED) is 0.520. The molecule has 4 aromatic rings. The summed E-state index contributed by atoms with van der Waals surface area (Å²) >= 11 is 0. The molecular weight excluding hydrogens is 320 g/mol. The Balaban J connectivity index is 1.84. The summed E-state index contributed by atoms with van der Waals surface area (Å²) in [6, 6.07) is 26.3. The topological polar surface area (TPSA) is 34.0 Å². The summed E-state index contributed by atoms with van der Waals surface area (Å²) in [4.78, 5) is 13.4. The Kier molecular flexibility index (Phi) is 3.22. The largest absolute Gasteiger partial charge is 0.372 e. The average molecular weight is 338 g/mol. The molecule has 0 bridgehead atoms. The Morgan fingerprint density at radius 2 is 1.69 bits per heavy atom. The summed E-state index contributed by atoms with van der Waals surface area (Å²) in [5, 5.41) is 4.69. The van der Waals surface area contributed by atoms with Crippen molar-refractivity contribution in [3.05, 3.63) is 101 Å². The number of hydrogen-bond acceptors (Lipinski definition) is 2. The molecule has 0 amide bonds. The smallest absolute Gasteiger partial charge is 0.264 e. The van der Waals surface area contributed by atoms with Crippen LogP contribution in [0.2, 0.25) is 0 Å². The van der Waals surface area contributed by atoms with Gasteiger partial charge in [-0.05, 0) is 36.8 Å². The van der Waals surface area contributed by atoms with Gasteiger partial charge in [-0.25, -0.2) is 0 Å². The first-order valence-corrected chi connectivity index (χ1v) is 8.79. The van der Waals surface area contributed by atoms with Crippen LogP contribution in [0.15, 0.2) is 78.9 Å². The van der Waals surface area contributed by atoms with E-state index in [0.29, 0.717) is 5.56 Å². The summed E-state index contributed by atoms with van der Waals surface area (Å²) in [5.74, 6) is 0.0134.